The number of anilines is 2. The molecule has 0 fully saturated rings. The Balaban J connectivity index is 1.90. The molecule has 1 aliphatic heterocycles. The molecule has 0 saturated carbocycles. The molecule has 0 unspecified atom stereocenters. The molecule has 0 atom stereocenters. The van der Waals surface area contributed by atoms with Crippen molar-refractivity contribution in [2.24, 2.45) is 0 Å². The van der Waals surface area contributed by atoms with Gasteiger partial charge in [0.2, 0.25) is 0 Å². The number of benzene rings is 2. The number of hydrogen-bond acceptors (Lipinski definition) is 3. The van der Waals surface area contributed by atoms with Crippen LogP contribution in [0, 0.1) is 12.7 Å². The first-order chi connectivity index (χ1) is 9.95. The lowest BCUT2D eigenvalue weighted by atomic mass is 10.1. The van der Waals surface area contributed by atoms with Crippen molar-refractivity contribution in [2.45, 2.75) is 18.2 Å². The molecule has 0 aromatic heterocycles. The second-order valence-corrected chi connectivity index (χ2v) is 6.75. The van der Waals surface area contributed by atoms with Gasteiger partial charge in [-0.1, -0.05) is 6.07 Å². The van der Waals surface area contributed by atoms with Crippen LogP contribution in [-0.4, -0.2) is 15.0 Å². The van der Waals surface area contributed by atoms with E-state index >= 15 is 0 Å². The Bertz CT molecular complexity index is 803. The molecule has 0 saturated heterocycles. The zero-order valence-electron chi connectivity index (χ0n) is 11.5. The fourth-order valence-corrected chi connectivity index (χ4v) is 3.38. The number of nitrogens with one attached hydrogen (secondary N) is 2. The molecule has 2 aromatic carbocycles. The predicted octanol–water partition coefficient (Wildman–Crippen LogP) is 2.90. The van der Waals surface area contributed by atoms with Crippen molar-refractivity contribution in [3.8, 4) is 0 Å². The minimum atomic E-state index is -3.78. The minimum Gasteiger partial charge on any atom is -0.384 e. The summed E-state index contributed by atoms with van der Waals surface area (Å²) in [5, 5.41) is 3.21. The summed E-state index contributed by atoms with van der Waals surface area (Å²) in [7, 11) is -3.78. The largest absolute Gasteiger partial charge is 0.384 e. The number of halogens is 1. The van der Waals surface area contributed by atoms with Gasteiger partial charge in [-0.15, -0.1) is 0 Å². The number of fused-ring (bicyclic) bond motifs is 1. The van der Waals surface area contributed by atoms with Gasteiger partial charge in [0.1, 0.15) is 5.82 Å². The molecule has 6 heteroatoms. The zero-order valence-corrected chi connectivity index (χ0v) is 12.3. The monoisotopic (exact) mass is 306 g/mol. The highest BCUT2D eigenvalue weighted by molar-refractivity contribution is 7.92. The molecule has 3 rings (SSSR count). The Morgan fingerprint density at radius 1 is 1.19 bits per heavy atom. The predicted molar refractivity (Wildman–Crippen MR) is 80.6 cm³/mol. The van der Waals surface area contributed by atoms with Crippen LogP contribution in [0.15, 0.2) is 41.3 Å². The molecule has 0 aliphatic carbocycles. The van der Waals surface area contributed by atoms with E-state index in [4.69, 9.17) is 0 Å². The normalized spacial score (nSPS) is 13.6. The fourth-order valence-electron chi connectivity index (χ4n) is 2.32. The number of aryl methyl sites for hydroxylation is 1. The van der Waals surface area contributed by atoms with Crippen molar-refractivity contribution in [3.05, 3.63) is 53.3 Å². The first kappa shape index (κ1) is 13.9. The van der Waals surface area contributed by atoms with E-state index in [0.717, 1.165) is 30.3 Å². The number of hydrogen-bond donors (Lipinski definition) is 2. The first-order valence-electron chi connectivity index (χ1n) is 6.61. The summed E-state index contributed by atoms with van der Waals surface area (Å²) in [6.45, 7) is 2.45. The zero-order chi connectivity index (χ0) is 15.0. The maximum absolute atomic E-state index is 13.5. The lowest BCUT2D eigenvalue weighted by Gasteiger charge is -2.10. The van der Waals surface area contributed by atoms with Crippen molar-refractivity contribution in [1.82, 2.24) is 0 Å². The topological polar surface area (TPSA) is 58.2 Å². The Morgan fingerprint density at radius 3 is 2.76 bits per heavy atom. The molecule has 2 aromatic rings. The quantitative estimate of drug-likeness (QED) is 0.916. The van der Waals surface area contributed by atoms with Gasteiger partial charge in [0.25, 0.3) is 10.0 Å². The van der Waals surface area contributed by atoms with Crippen LogP contribution in [-0.2, 0) is 16.4 Å². The van der Waals surface area contributed by atoms with Crippen LogP contribution in [0.25, 0.3) is 0 Å². The third kappa shape index (κ3) is 2.71. The lowest BCUT2D eigenvalue weighted by molar-refractivity contribution is 0.593. The molecule has 0 bridgehead atoms. The molecule has 1 aliphatic rings. The van der Waals surface area contributed by atoms with Gasteiger partial charge in [-0.2, -0.15) is 0 Å². The lowest BCUT2D eigenvalue weighted by Crippen LogP contribution is -2.13. The molecule has 110 valence electrons. The second-order valence-electron chi connectivity index (χ2n) is 5.07. The summed E-state index contributed by atoms with van der Waals surface area (Å²) in [6, 6.07) is 9.23. The van der Waals surface area contributed by atoms with Crippen molar-refractivity contribution in [2.75, 3.05) is 16.6 Å². The van der Waals surface area contributed by atoms with E-state index in [1.165, 1.54) is 12.1 Å². The van der Waals surface area contributed by atoms with Gasteiger partial charge in [-0.05, 0) is 54.8 Å². The van der Waals surface area contributed by atoms with Gasteiger partial charge in [0.15, 0.2) is 0 Å². The first-order valence-corrected chi connectivity index (χ1v) is 8.10. The van der Waals surface area contributed by atoms with E-state index in [1.54, 1.807) is 19.1 Å². The Kier molecular flexibility index (Phi) is 3.33. The molecule has 4 nitrogen and oxygen atoms in total. The Hall–Kier alpha value is -2.08. The average molecular weight is 306 g/mol. The molecule has 2 N–H and O–H groups in total. The Morgan fingerprint density at radius 2 is 2.00 bits per heavy atom. The molecule has 0 spiro atoms. The third-order valence-electron chi connectivity index (χ3n) is 3.52. The van der Waals surface area contributed by atoms with E-state index in [-0.39, 0.29) is 4.90 Å². The van der Waals surface area contributed by atoms with E-state index < -0.39 is 15.8 Å². The summed E-state index contributed by atoms with van der Waals surface area (Å²) in [4.78, 5) is -0.0794. The van der Waals surface area contributed by atoms with Crippen molar-refractivity contribution < 1.29 is 12.8 Å². The van der Waals surface area contributed by atoms with Gasteiger partial charge in [0, 0.05) is 17.9 Å². The summed E-state index contributed by atoms with van der Waals surface area (Å²) >= 11 is 0. The van der Waals surface area contributed by atoms with Crippen LogP contribution < -0.4 is 10.0 Å². The minimum absolute atomic E-state index is 0.0794. The molecule has 0 amide bonds. The van der Waals surface area contributed by atoms with Crippen LogP contribution in [0.4, 0.5) is 15.8 Å². The average Bonchev–Trinajstić information content (AvgIpc) is 2.88. The summed E-state index contributed by atoms with van der Waals surface area (Å²) in [6.07, 6.45) is 0.865. The second kappa shape index (κ2) is 5.04. The molecular weight excluding hydrogens is 291 g/mol. The highest BCUT2D eigenvalue weighted by atomic mass is 32.2. The molecular formula is C15H15FN2O2S. The van der Waals surface area contributed by atoms with E-state index in [0.29, 0.717) is 11.3 Å². The highest BCUT2D eigenvalue weighted by Crippen LogP contribution is 2.26. The van der Waals surface area contributed by atoms with Gasteiger partial charge < -0.3 is 5.32 Å². The van der Waals surface area contributed by atoms with Gasteiger partial charge >= 0.3 is 0 Å². The number of sulfonamides is 1. The summed E-state index contributed by atoms with van der Waals surface area (Å²) in [5.41, 5.74) is 3.00. The maximum Gasteiger partial charge on any atom is 0.261 e. The SMILES string of the molecule is Cc1ccc(S(=O)(=O)Nc2ccc3c(c2)CCN3)cc1F. The van der Waals surface area contributed by atoms with Crippen molar-refractivity contribution in [3.63, 3.8) is 0 Å². The van der Waals surface area contributed by atoms with Gasteiger partial charge in [-0.3, -0.25) is 4.72 Å². The summed E-state index contributed by atoms with van der Waals surface area (Å²) < 4.78 is 40.6. The maximum atomic E-state index is 13.5. The Labute approximate surface area is 123 Å². The fraction of sp³-hybridized carbons (Fsp3) is 0.200. The van der Waals surface area contributed by atoms with Gasteiger partial charge in [-0.25, -0.2) is 12.8 Å². The third-order valence-corrected chi connectivity index (χ3v) is 4.90. The van der Waals surface area contributed by atoms with Gasteiger partial charge in [0.05, 0.1) is 4.90 Å². The highest BCUT2D eigenvalue weighted by Gasteiger charge is 2.17. The standard InChI is InChI=1S/C15H15FN2O2S/c1-10-2-4-13(9-14(10)16)21(19,20)18-12-3-5-15-11(8-12)6-7-17-15/h2-5,8-9,17-18H,6-7H2,1H3. The molecule has 1 heterocycles. The molecule has 21 heavy (non-hydrogen) atoms. The van der Waals surface area contributed by atoms with Crippen LogP contribution in [0.2, 0.25) is 0 Å². The van der Waals surface area contributed by atoms with Crippen LogP contribution in [0.3, 0.4) is 0 Å². The van der Waals surface area contributed by atoms with E-state index in [9.17, 15) is 12.8 Å². The van der Waals surface area contributed by atoms with Crippen LogP contribution in [0.1, 0.15) is 11.1 Å². The number of rotatable bonds is 3. The van der Waals surface area contributed by atoms with Crippen LogP contribution >= 0.6 is 0 Å². The van der Waals surface area contributed by atoms with E-state index in [1.807, 2.05) is 6.07 Å². The van der Waals surface area contributed by atoms with E-state index in [2.05, 4.69) is 10.0 Å². The van der Waals surface area contributed by atoms with Crippen molar-refractivity contribution in [1.29, 1.82) is 0 Å². The molecule has 0 radical (unpaired) electrons. The van der Waals surface area contributed by atoms with Crippen molar-refractivity contribution >= 4 is 21.4 Å². The van der Waals surface area contributed by atoms with Crippen LogP contribution in [0.5, 0.6) is 0 Å². The smallest absolute Gasteiger partial charge is 0.261 e. The summed E-state index contributed by atoms with van der Waals surface area (Å²) in [5.74, 6) is -0.531.